The van der Waals surface area contributed by atoms with Crippen molar-refractivity contribution in [3.8, 4) is 0 Å². The number of nitrogens with zero attached hydrogens (tertiary/aromatic N) is 3. The summed E-state index contributed by atoms with van der Waals surface area (Å²) in [5, 5.41) is 6.88. The smallest absolute Gasteiger partial charge is 0.191 e. The molecule has 2 N–H and O–H groups in total. The van der Waals surface area contributed by atoms with Gasteiger partial charge in [-0.25, -0.2) is 4.99 Å². The van der Waals surface area contributed by atoms with Crippen molar-refractivity contribution in [2.24, 2.45) is 4.99 Å². The first-order chi connectivity index (χ1) is 15.1. The number of benzene rings is 2. The van der Waals surface area contributed by atoms with Gasteiger partial charge in [0, 0.05) is 39.3 Å². The Bertz CT molecular complexity index is 813. The topological polar surface area (TPSA) is 52.1 Å². The van der Waals surface area contributed by atoms with Crippen LogP contribution in [-0.2, 0) is 30.9 Å². The molecule has 1 aliphatic heterocycles. The van der Waals surface area contributed by atoms with Crippen molar-refractivity contribution in [3.05, 3.63) is 70.8 Å². The van der Waals surface area contributed by atoms with Gasteiger partial charge in [0.05, 0.1) is 19.8 Å². The van der Waals surface area contributed by atoms with Crippen molar-refractivity contribution in [1.29, 1.82) is 0 Å². The lowest BCUT2D eigenvalue weighted by atomic mass is 10.1. The summed E-state index contributed by atoms with van der Waals surface area (Å²) in [6.07, 6.45) is 0. The van der Waals surface area contributed by atoms with Crippen molar-refractivity contribution >= 4 is 5.96 Å². The number of ether oxygens (including phenoxy) is 1. The largest absolute Gasteiger partial charge is 0.379 e. The Labute approximate surface area is 187 Å². The monoisotopic (exact) mass is 423 g/mol. The Morgan fingerprint density at radius 1 is 0.968 bits per heavy atom. The molecule has 0 bridgehead atoms. The van der Waals surface area contributed by atoms with E-state index in [1.807, 2.05) is 0 Å². The summed E-state index contributed by atoms with van der Waals surface area (Å²) in [7, 11) is 4.18. The maximum atomic E-state index is 5.48. The average Bonchev–Trinajstić information content (AvgIpc) is 2.78. The summed E-state index contributed by atoms with van der Waals surface area (Å²) in [6, 6.07) is 17.4. The first kappa shape index (κ1) is 23.3. The van der Waals surface area contributed by atoms with Crippen LogP contribution in [0.25, 0.3) is 0 Å². The normalized spacial score (nSPS) is 15.3. The van der Waals surface area contributed by atoms with Crippen LogP contribution in [0, 0.1) is 0 Å². The number of aliphatic imine (C=N–C) groups is 1. The van der Waals surface area contributed by atoms with Gasteiger partial charge >= 0.3 is 0 Å². The fourth-order valence-corrected chi connectivity index (χ4v) is 3.69. The van der Waals surface area contributed by atoms with E-state index in [2.05, 4.69) is 90.0 Å². The van der Waals surface area contributed by atoms with Crippen LogP contribution in [0.4, 0.5) is 0 Å². The Morgan fingerprint density at radius 3 is 2.32 bits per heavy atom. The molecule has 2 aromatic carbocycles. The van der Waals surface area contributed by atoms with Gasteiger partial charge in [0.2, 0.25) is 0 Å². The highest BCUT2D eigenvalue weighted by atomic mass is 16.5. The summed E-state index contributed by atoms with van der Waals surface area (Å²) < 4.78 is 5.48. The van der Waals surface area contributed by atoms with Gasteiger partial charge in [-0.2, -0.15) is 0 Å². The number of morpholine rings is 1. The number of nitrogens with one attached hydrogen (secondary N) is 2. The molecule has 1 saturated heterocycles. The molecule has 1 fully saturated rings. The molecule has 1 heterocycles. The van der Waals surface area contributed by atoms with E-state index >= 15 is 0 Å². The van der Waals surface area contributed by atoms with E-state index in [0.717, 1.165) is 58.4 Å². The third kappa shape index (κ3) is 7.98. The zero-order chi connectivity index (χ0) is 21.9. The molecule has 0 saturated carbocycles. The summed E-state index contributed by atoms with van der Waals surface area (Å²) in [4.78, 5) is 9.43. The first-order valence-corrected chi connectivity index (χ1v) is 11.3. The van der Waals surface area contributed by atoms with Crippen molar-refractivity contribution < 1.29 is 4.74 Å². The third-order valence-electron chi connectivity index (χ3n) is 5.35. The maximum Gasteiger partial charge on any atom is 0.191 e. The van der Waals surface area contributed by atoms with Crippen molar-refractivity contribution in [3.63, 3.8) is 0 Å². The van der Waals surface area contributed by atoms with Gasteiger partial charge in [-0.1, -0.05) is 48.5 Å². The molecule has 0 aliphatic carbocycles. The van der Waals surface area contributed by atoms with Crippen LogP contribution in [0.3, 0.4) is 0 Å². The van der Waals surface area contributed by atoms with Gasteiger partial charge in [-0.15, -0.1) is 0 Å². The number of hydrogen-bond acceptors (Lipinski definition) is 4. The highest BCUT2D eigenvalue weighted by molar-refractivity contribution is 5.79. The van der Waals surface area contributed by atoms with Gasteiger partial charge in [-0.05, 0) is 43.3 Å². The molecule has 0 radical (unpaired) electrons. The van der Waals surface area contributed by atoms with E-state index in [9.17, 15) is 0 Å². The Hall–Kier alpha value is -2.41. The summed E-state index contributed by atoms with van der Waals surface area (Å²) >= 11 is 0. The van der Waals surface area contributed by atoms with Crippen LogP contribution >= 0.6 is 0 Å². The zero-order valence-corrected chi connectivity index (χ0v) is 19.2. The molecule has 0 atom stereocenters. The molecule has 31 heavy (non-hydrogen) atoms. The molecule has 1 aliphatic rings. The molecular weight excluding hydrogens is 386 g/mol. The van der Waals surface area contributed by atoms with E-state index in [1.54, 1.807) is 0 Å². The van der Waals surface area contributed by atoms with E-state index in [-0.39, 0.29) is 0 Å². The second kappa shape index (κ2) is 12.4. The number of rotatable bonds is 9. The highest BCUT2D eigenvalue weighted by Crippen LogP contribution is 2.13. The average molecular weight is 424 g/mol. The minimum absolute atomic E-state index is 0.660. The lowest BCUT2D eigenvalue weighted by Gasteiger charge is -2.27. The second-order valence-corrected chi connectivity index (χ2v) is 8.26. The minimum atomic E-state index is 0.660. The van der Waals surface area contributed by atoms with E-state index < -0.39 is 0 Å². The highest BCUT2D eigenvalue weighted by Gasteiger charge is 2.12. The predicted octanol–water partition coefficient (Wildman–Crippen LogP) is 2.84. The van der Waals surface area contributed by atoms with Gasteiger partial charge in [0.15, 0.2) is 5.96 Å². The Kier molecular flexibility index (Phi) is 9.34. The van der Waals surface area contributed by atoms with Crippen LogP contribution in [0.5, 0.6) is 0 Å². The van der Waals surface area contributed by atoms with Crippen molar-refractivity contribution in [2.45, 2.75) is 33.1 Å². The minimum Gasteiger partial charge on any atom is -0.379 e. The molecule has 6 nitrogen and oxygen atoms in total. The molecule has 0 aromatic heterocycles. The molecule has 3 rings (SSSR count). The van der Waals surface area contributed by atoms with E-state index in [0.29, 0.717) is 6.54 Å². The van der Waals surface area contributed by atoms with Crippen molar-refractivity contribution in [2.75, 3.05) is 46.9 Å². The standard InChI is InChI=1S/C25H37N5O/c1-4-26-25(27-17-21-9-11-22(12-10-21)19-29(2)3)28-18-23-7-5-6-8-24(23)20-30-13-15-31-16-14-30/h5-12H,4,13-20H2,1-3H3,(H2,26,27,28). The fraction of sp³-hybridized carbons (Fsp3) is 0.480. The van der Waals surface area contributed by atoms with Crippen LogP contribution in [0.2, 0.25) is 0 Å². The molecule has 0 amide bonds. The van der Waals surface area contributed by atoms with E-state index in [4.69, 9.17) is 9.73 Å². The van der Waals surface area contributed by atoms with Gasteiger partial charge in [-0.3, -0.25) is 4.90 Å². The summed E-state index contributed by atoms with van der Waals surface area (Å²) in [5.41, 5.74) is 5.21. The van der Waals surface area contributed by atoms with Crippen LogP contribution in [0.15, 0.2) is 53.5 Å². The Balaban J connectivity index is 1.58. The molecule has 168 valence electrons. The SMILES string of the molecule is CCNC(=NCc1ccc(CN(C)C)cc1)NCc1ccccc1CN1CCOCC1. The number of hydrogen-bond donors (Lipinski definition) is 2. The van der Waals surface area contributed by atoms with E-state index in [1.165, 1.54) is 22.3 Å². The fourth-order valence-electron chi connectivity index (χ4n) is 3.69. The lowest BCUT2D eigenvalue weighted by Crippen LogP contribution is -2.38. The number of guanidine groups is 1. The van der Waals surface area contributed by atoms with Crippen LogP contribution in [0.1, 0.15) is 29.2 Å². The molecular formula is C25H37N5O. The first-order valence-electron chi connectivity index (χ1n) is 11.3. The molecule has 6 heteroatoms. The van der Waals surface area contributed by atoms with Gasteiger partial charge in [0.1, 0.15) is 0 Å². The van der Waals surface area contributed by atoms with Crippen LogP contribution < -0.4 is 10.6 Å². The summed E-state index contributed by atoms with van der Waals surface area (Å²) in [5.74, 6) is 0.848. The summed E-state index contributed by atoms with van der Waals surface area (Å²) in [6.45, 7) is 9.93. The van der Waals surface area contributed by atoms with Gasteiger partial charge < -0.3 is 20.3 Å². The maximum absolute atomic E-state index is 5.48. The predicted molar refractivity (Wildman–Crippen MR) is 128 cm³/mol. The zero-order valence-electron chi connectivity index (χ0n) is 19.2. The molecule has 0 spiro atoms. The van der Waals surface area contributed by atoms with Crippen molar-refractivity contribution in [1.82, 2.24) is 20.4 Å². The quantitative estimate of drug-likeness (QED) is 0.480. The molecule has 2 aromatic rings. The third-order valence-corrected chi connectivity index (χ3v) is 5.35. The second-order valence-electron chi connectivity index (χ2n) is 8.26. The van der Waals surface area contributed by atoms with Gasteiger partial charge in [0.25, 0.3) is 0 Å². The lowest BCUT2D eigenvalue weighted by molar-refractivity contribution is 0.0341. The molecule has 0 unspecified atom stereocenters. The van der Waals surface area contributed by atoms with Crippen LogP contribution in [-0.4, -0.2) is 62.7 Å². The Morgan fingerprint density at radius 2 is 1.65 bits per heavy atom.